The van der Waals surface area contributed by atoms with Crippen LogP contribution >= 0.6 is 11.3 Å². The summed E-state index contributed by atoms with van der Waals surface area (Å²) in [7, 11) is -1.89. The quantitative estimate of drug-likeness (QED) is 0.714. The molecule has 0 fully saturated rings. The lowest BCUT2D eigenvalue weighted by atomic mass is 10.4. The molecular weight excluding hydrogens is 262 g/mol. The van der Waals surface area contributed by atoms with Gasteiger partial charge in [-0.3, -0.25) is 0 Å². The molecule has 0 bridgehead atoms. The summed E-state index contributed by atoms with van der Waals surface area (Å²) in [5, 5.41) is 10.6. The summed E-state index contributed by atoms with van der Waals surface area (Å²) >= 11 is 1.18. The molecule has 0 aromatic carbocycles. The van der Waals surface area contributed by atoms with Crippen molar-refractivity contribution in [1.29, 1.82) is 0 Å². The van der Waals surface area contributed by atoms with Gasteiger partial charge in [-0.15, -0.1) is 11.3 Å². The average Bonchev–Trinajstić information content (AvgIpc) is 2.82. The van der Waals surface area contributed by atoms with Crippen LogP contribution in [0.15, 0.2) is 21.7 Å². The Morgan fingerprint density at radius 1 is 1.47 bits per heavy atom. The summed E-state index contributed by atoms with van der Waals surface area (Å²) in [4.78, 5) is 0. The zero-order chi connectivity index (χ0) is 12.7. The first kappa shape index (κ1) is 14.6. The van der Waals surface area contributed by atoms with E-state index in [1.54, 1.807) is 24.6 Å². The Bertz CT molecular complexity index is 402. The maximum absolute atomic E-state index is 12.2. The third kappa shape index (κ3) is 4.04. The van der Waals surface area contributed by atoms with Gasteiger partial charge in [0, 0.05) is 26.8 Å². The normalized spacial score (nSPS) is 12.2. The number of sulfonamides is 1. The van der Waals surface area contributed by atoms with Crippen molar-refractivity contribution in [2.24, 2.45) is 0 Å². The van der Waals surface area contributed by atoms with Crippen LogP contribution in [0.3, 0.4) is 0 Å². The van der Waals surface area contributed by atoms with Gasteiger partial charge in [-0.2, -0.15) is 4.31 Å². The first-order valence-electron chi connectivity index (χ1n) is 5.26. The molecule has 0 saturated heterocycles. The molecule has 17 heavy (non-hydrogen) atoms. The van der Waals surface area contributed by atoms with E-state index in [9.17, 15) is 8.42 Å². The minimum atomic E-state index is -3.46. The van der Waals surface area contributed by atoms with E-state index < -0.39 is 10.0 Å². The molecule has 0 unspecified atom stereocenters. The summed E-state index contributed by atoms with van der Waals surface area (Å²) < 4.78 is 30.8. The molecule has 0 aliphatic rings. The van der Waals surface area contributed by atoms with Crippen molar-refractivity contribution in [3.63, 3.8) is 0 Å². The second kappa shape index (κ2) is 7.07. The van der Waals surface area contributed by atoms with Crippen molar-refractivity contribution in [3.05, 3.63) is 17.5 Å². The van der Waals surface area contributed by atoms with E-state index in [1.807, 2.05) is 0 Å². The molecule has 0 aliphatic heterocycles. The van der Waals surface area contributed by atoms with Gasteiger partial charge >= 0.3 is 0 Å². The fourth-order valence-corrected chi connectivity index (χ4v) is 4.00. The fraction of sp³-hybridized carbons (Fsp3) is 0.600. The molecule has 0 aliphatic carbocycles. The first-order chi connectivity index (χ1) is 8.12. The second-order valence-electron chi connectivity index (χ2n) is 3.41. The van der Waals surface area contributed by atoms with E-state index in [0.717, 1.165) is 0 Å². The maximum atomic E-state index is 12.2. The number of aliphatic hydroxyl groups is 1. The molecule has 0 saturated carbocycles. The molecule has 1 aromatic heterocycles. The molecule has 0 radical (unpaired) electrons. The topological polar surface area (TPSA) is 66.8 Å². The van der Waals surface area contributed by atoms with Gasteiger partial charge in [-0.25, -0.2) is 8.42 Å². The van der Waals surface area contributed by atoms with E-state index in [0.29, 0.717) is 23.8 Å². The van der Waals surface area contributed by atoms with Gasteiger partial charge in [0.2, 0.25) is 0 Å². The highest BCUT2D eigenvalue weighted by Gasteiger charge is 2.24. The Morgan fingerprint density at radius 3 is 2.76 bits per heavy atom. The number of ether oxygens (including phenoxy) is 1. The van der Waals surface area contributed by atoms with Crippen molar-refractivity contribution >= 4 is 21.4 Å². The van der Waals surface area contributed by atoms with Gasteiger partial charge in [-0.05, 0) is 17.9 Å². The first-order valence-corrected chi connectivity index (χ1v) is 7.58. The minimum Gasteiger partial charge on any atom is -0.395 e. The van der Waals surface area contributed by atoms with Crippen LogP contribution in [0, 0.1) is 0 Å². The Hall–Kier alpha value is -0.470. The number of nitrogens with zero attached hydrogens (tertiary/aromatic N) is 1. The summed E-state index contributed by atoms with van der Waals surface area (Å²) in [6.45, 7) is 0.790. The molecule has 1 aromatic rings. The van der Waals surface area contributed by atoms with Crippen molar-refractivity contribution in [2.75, 3.05) is 33.4 Å². The molecule has 5 nitrogen and oxygen atoms in total. The van der Waals surface area contributed by atoms with Crippen LogP contribution in [0.25, 0.3) is 0 Å². The number of rotatable bonds is 8. The molecule has 0 amide bonds. The third-order valence-electron chi connectivity index (χ3n) is 2.19. The zero-order valence-electron chi connectivity index (χ0n) is 9.70. The van der Waals surface area contributed by atoms with Crippen molar-refractivity contribution in [3.8, 4) is 0 Å². The largest absolute Gasteiger partial charge is 0.395 e. The van der Waals surface area contributed by atoms with Crippen LogP contribution < -0.4 is 0 Å². The molecule has 7 heteroatoms. The Kier molecular flexibility index (Phi) is 6.07. The monoisotopic (exact) mass is 279 g/mol. The number of methoxy groups -OCH3 is 1. The Balaban J connectivity index is 2.75. The summed E-state index contributed by atoms with van der Waals surface area (Å²) in [6, 6.07) is 3.27. The Morgan fingerprint density at radius 2 is 2.24 bits per heavy atom. The highest BCUT2D eigenvalue weighted by molar-refractivity contribution is 7.91. The highest BCUT2D eigenvalue weighted by atomic mass is 32.2. The van der Waals surface area contributed by atoms with Crippen LogP contribution in [-0.4, -0.2) is 51.2 Å². The van der Waals surface area contributed by atoms with Gasteiger partial charge in [0.05, 0.1) is 6.61 Å². The molecule has 1 heterocycles. The van der Waals surface area contributed by atoms with Crippen LogP contribution in [-0.2, 0) is 14.8 Å². The van der Waals surface area contributed by atoms with Crippen LogP contribution in [0.1, 0.15) is 6.42 Å². The number of aliphatic hydroxyl groups excluding tert-OH is 1. The van der Waals surface area contributed by atoms with E-state index >= 15 is 0 Å². The second-order valence-corrected chi connectivity index (χ2v) is 6.52. The fourth-order valence-electron chi connectivity index (χ4n) is 1.39. The van der Waals surface area contributed by atoms with Gasteiger partial charge in [-0.1, -0.05) is 6.07 Å². The van der Waals surface area contributed by atoms with Crippen LogP contribution in [0.4, 0.5) is 0 Å². The molecule has 98 valence electrons. The number of hydrogen-bond donors (Lipinski definition) is 1. The van der Waals surface area contributed by atoms with Gasteiger partial charge < -0.3 is 9.84 Å². The molecular formula is C10H17NO4S2. The summed E-state index contributed by atoms with van der Waals surface area (Å²) in [5.41, 5.74) is 0. The number of hydrogen-bond acceptors (Lipinski definition) is 5. The van der Waals surface area contributed by atoms with Gasteiger partial charge in [0.15, 0.2) is 0 Å². The van der Waals surface area contributed by atoms with Gasteiger partial charge in [0.1, 0.15) is 4.21 Å². The lowest BCUT2D eigenvalue weighted by Crippen LogP contribution is -2.34. The summed E-state index contributed by atoms with van der Waals surface area (Å²) in [6.07, 6.45) is 0.612. The molecule has 1 N–H and O–H groups in total. The molecule has 0 spiro atoms. The smallest absolute Gasteiger partial charge is 0.252 e. The van der Waals surface area contributed by atoms with E-state index in [2.05, 4.69) is 0 Å². The lowest BCUT2D eigenvalue weighted by Gasteiger charge is -2.20. The maximum Gasteiger partial charge on any atom is 0.252 e. The molecule has 1 rings (SSSR count). The lowest BCUT2D eigenvalue weighted by molar-refractivity contribution is 0.182. The van der Waals surface area contributed by atoms with Crippen LogP contribution in [0.5, 0.6) is 0 Å². The van der Waals surface area contributed by atoms with Crippen molar-refractivity contribution in [2.45, 2.75) is 10.6 Å². The predicted octanol–water partition coefficient (Wildman–Crippen LogP) is 0.768. The minimum absolute atomic E-state index is 0.115. The van der Waals surface area contributed by atoms with Crippen molar-refractivity contribution < 1.29 is 18.3 Å². The summed E-state index contributed by atoms with van der Waals surface area (Å²) in [5.74, 6) is 0. The molecule has 0 atom stereocenters. The third-order valence-corrected chi connectivity index (χ3v) is 5.47. The van der Waals surface area contributed by atoms with E-state index in [-0.39, 0.29) is 13.2 Å². The van der Waals surface area contributed by atoms with Gasteiger partial charge in [0.25, 0.3) is 10.0 Å². The standard InChI is InChI=1S/C10H17NO4S2/c1-15-8-3-5-11(6-7-12)17(13,14)10-4-2-9-16-10/h2,4,9,12H,3,5-8H2,1H3. The average molecular weight is 279 g/mol. The van der Waals surface area contributed by atoms with E-state index in [1.165, 1.54) is 15.6 Å². The Labute approximate surface area is 106 Å². The highest BCUT2D eigenvalue weighted by Crippen LogP contribution is 2.20. The predicted molar refractivity (Wildman–Crippen MR) is 66.7 cm³/mol. The SMILES string of the molecule is COCCCN(CCO)S(=O)(=O)c1cccs1. The zero-order valence-corrected chi connectivity index (χ0v) is 11.3. The number of thiophene rings is 1. The van der Waals surface area contributed by atoms with Crippen LogP contribution in [0.2, 0.25) is 0 Å². The van der Waals surface area contributed by atoms with E-state index in [4.69, 9.17) is 9.84 Å². The van der Waals surface area contributed by atoms with Crippen molar-refractivity contribution in [1.82, 2.24) is 4.31 Å².